The Balaban J connectivity index is 2.05. The number of para-hydroxylation sites is 2. The summed E-state index contributed by atoms with van der Waals surface area (Å²) >= 11 is 0. The molecule has 0 bridgehead atoms. The summed E-state index contributed by atoms with van der Waals surface area (Å²) < 4.78 is 0. The summed E-state index contributed by atoms with van der Waals surface area (Å²) in [5.41, 5.74) is 5.18. The number of hydrogen-bond acceptors (Lipinski definition) is 5. The zero-order chi connectivity index (χ0) is 16.7. The van der Waals surface area contributed by atoms with E-state index in [0.717, 1.165) is 18.7 Å². The molecule has 0 heterocycles. The van der Waals surface area contributed by atoms with Gasteiger partial charge in [-0.15, -0.1) is 0 Å². The van der Waals surface area contributed by atoms with E-state index >= 15 is 0 Å². The lowest BCUT2D eigenvalue weighted by molar-refractivity contribution is -0.384. The Labute approximate surface area is 135 Å². The molecular weight excluding hydrogens is 292 g/mol. The highest BCUT2D eigenvalue weighted by Gasteiger charge is 2.10. The van der Waals surface area contributed by atoms with E-state index in [0.29, 0.717) is 5.69 Å². The van der Waals surface area contributed by atoms with Gasteiger partial charge in [0.2, 0.25) is 0 Å². The molecule has 0 unspecified atom stereocenters. The maximum atomic E-state index is 10.9. The minimum absolute atomic E-state index is 0.00142. The first-order chi connectivity index (χ1) is 11.2. The van der Waals surface area contributed by atoms with Crippen molar-refractivity contribution in [3.05, 3.63) is 64.2 Å². The lowest BCUT2D eigenvalue weighted by atomic mass is 10.2. The predicted molar refractivity (Wildman–Crippen MR) is 94.3 cm³/mol. The van der Waals surface area contributed by atoms with Gasteiger partial charge in [0.25, 0.3) is 5.69 Å². The van der Waals surface area contributed by atoms with Crippen molar-refractivity contribution in [1.82, 2.24) is 0 Å². The normalized spacial score (nSPS) is 10.7. The van der Waals surface area contributed by atoms with Crippen LogP contribution in [0.15, 0.2) is 53.6 Å². The quantitative estimate of drug-likeness (QED) is 0.478. The van der Waals surface area contributed by atoms with Crippen LogP contribution in [0, 0.1) is 10.1 Å². The van der Waals surface area contributed by atoms with Crippen molar-refractivity contribution in [2.75, 3.05) is 23.4 Å². The Bertz CT molecular complexity index is 679. The summed E-state index contributed by atoms with van der Waals surface area (Å²) in [7, 11) is 0. The second kappa shape index (κ2) is 7.93. The highest BCUT2D eigenvalue weighted by Crippen LogP contribution is 2.23. The van der Waals surface area contributed by atoms with Crippen LogP contribution in [0.2, 0.25) is 0 Å². The fraction of sp³-hybridized carbons (Fsp3) is 0.235. The molecule has 0 aromatic heterocycles. The smallest absolute Gasteiger partial charge is 0.294 e. The number of nitro benzene ring substituents is 1. The molecule has 2 aromatic carbocycles. The topological polar surface area (TPSA) is 70.8 Å². The van der Waals surface area contributed by atoms with Gasteiger partial charge in [-0.05, 0) is 37.6 Å². The standard InChI is InChI=1S/C17H20N4O2/c1-3-20(4-2)15-11-9-14(10-12-15)13-18-19-16-7-5-6-8-17(16)21(22)23/h5-13,19H,3-4H2,1-2H3/b18-13+. The highest BCUT2D eigenvalue weighted by molar-refractivity contribution is 5.81. The Kier molecular flexibility index (Phi) is 5.68. The SMILES string of the molecule is CCN(CC)c1ccc(/C=N/Nc2ccccc2[N+](=O)[O-])cc1. The molecule has 120 valence electrons. The van der Waals surface area contributed by atoms with E-state index in [1.165, 1.54) is 11.8 Å². The Morgan fingerprint density at radius 2 is 1.78 bits per heavy atom. The fourth-order valence-electron chi connectivity index (χ4n) is 2.26. The van der Waals surface area contributed by atoms with Crippen LogP contribution >= 0.6 is 0 Å². The van der Waals surface area contributed by atoms with Gasteiger partial charge >= 0.3 is 0 Å². The van der Waals surface area contributed by atoms with Crippen LogP contribution in [-0.4, -0.2) is 24.2 Å². The fourth-order valence-corrected chi connectivity index (χ4v) is 2.26. The highest BCUT2D eigenvalue weighted by atomic mass is 16.6. The lowest BCUT2D eigenvalue weighted by Crippen LogP contribution is -2.21. The second-order valence-corrected chi connectivity index (χ2v) is 4.91. The van der Waals surface area contributed by atoms with E-state index in [-0.39, 0.29) is 5.69 Å². The number of rotatable bonds is 7. The number of nitrogens with zero attached hydrogens (tertiary/aromatic N) is 3. The molecule has 2 rings (SSSR count). The molecule has 0 amide bonds. The largest absolute Gasteiger partial charge is 0.372 e. The number of benzene rings is 2. The first kappa shape index (κ1) is 16.5. The predicted octanol–water partition coefficient (Wildman–Crippen LogP) is 3.89. The zero-order valence-corrected chi connectivity index (χ0v) is 13.3. The first-order valence-corrected chi connectivity index (χ1v) is 7.53. The number of nitro groups is 1. The first-order valence-electron chi connectivity index (χ1n) is 7.53. The van der Waals surface area contributed by atoms with Crippen molar-refractivity contribution in [1.29, 1.82) is 0 Å². The molecule has 0 spiro atoms. The molecule has 0 aliphatic heterocycles. The molecule has 6 nitrogen and oxygen atoms in total. The van der Waals surface area contributed by atoms with Gasteiger partial charge in [0.15, 0.2) is 0 Å². The number of anilines is 2. The van der Waals surface area contributed by atoms with Crippen molar-refractivity contribution < 1.29 is 4.92 Å². The van der Waals surface area contributed by atoms with E-state index in [4.69, 9.17) is 0 Å². The van der Waals surface area contributed by atoms with Crippen LogP contribution in [0.25, 0.3) is 0 Å². The van der Waals surface area contributed by atoms with Crippen LogP contribution in [-0.2, 0) is 0 Å². The van der Waals surface area contributed by atoms with Crippen LogP contribution < -0.4 is 10.3 Å². The minimum atomic E-state index is -0.434. The monoisotopic (exact) mass is 312 g/mol. The van der Waals surface area contributed by atoms with Crippen molar-refractivity contribution in [2.24, 2.45) is 5.10 Å². The Morgan fingerprint density at radius 3 is 2.39 bits per heavy atom. The molecule has 0 fully saturated rings. The maximum absolute atomic E-state index is 10.9. The van der Waals surface area contributed by atoms with Crippen LogP contribution in [0.4, 0.5) is 17.1 Å². The number of hydrogen-bond donors (Lipinski definition) is 1. The van der Waals surface area contributed by atoms with Gasteiger partial charge in [-0.2, -0.15) is 5.10 Å². The van der Waals surface area contributed by atoms with Crippen molar-refractivity contribution in [3.8, 4) is 0 Å². The third kappa shape index (κ3) is 4.29. The summed E-state index contributed by atoms with van der Waals surface area (Å²) in [6.07, 6.45) is 1.64. The van der Waals surface area contributed by atoms with Gasteiger partial charge < -0.3 is 4.90 Å². The lowest BCUT2D eigenvalue weighted by Gasteiger charge is -2.20. The van der Waals surface area contributed by atoms with Gasteiger partial charge in [0.05, 0.1) is 11.1 Å². The van der Waals surface area contributed by atoms with Gasteiger partial charge in [0, 0.05) is 24.8 Å². The van der Waals surface area contributed by atoms with E-state index in [2.05, 4.69) is 29.3 Å². The number of nitrogens with one attached hydrogen (secondary N) is 1. The van der Waals surface area contributed by atoms with E-state index in [1.54, 1.807) is 24.4 Å². The van der Waals surface area contributed by atoms with E-state index in [1.807, 2.05) is 24.3 Å². The Hall–Kier alpha value is -2.89. The molecule has 0 saturated carbocycles. The summed E-state index contributed by atoms with van der Waals surface area (Å²) in [5, 5.41) is 15.0. The molecule has 23 heavy (non-hydrogen) atoms. The summed E-state index contributed by atoms with van der Waals surface area (Å²) in [4.78, 5) is 12.7. The van der Waals surface area contributed by atoms with Crippen molar-refractivity contribution in [3.63, 3.8) is 0 Å². The molecule has 2 aromatic rings. The van der Waals surface area contributed by atoms with Crippen LogP contribution in [0.5, 0.6) is 0 Å². The van der Waals surface area contributed by atoms with Crippen LogP contribution in [0.1, 0.15) is 19.4 Å². The molecule has 1 N–H and O–H groups in total. The van der Waals surface area contributed by atoms with Crippen molar-refractivity contribution >= 4 is 23.3 Å². The van der Waals surface area contributed by atoms with E-state index in [9.17, 15) is 10.1 Å². The molecule has 0 aliphatic carbocycles. The third-order valence-electron chi connectivity index (χ3n) is 3.52. The second-order valence-electron chi connectivity index (χ2n) is 4.91. The molecular formula is C17H20N4O2. The molecule has 6 heteroatoms. The summed E-state index contributed by atoms with van der Waals surface area (Å²) in [6, 6.07) is 14.4. The van der Waals surface area contributed by atoms with Crippen LogP contribution in [0.3, 0.4) is 0 Å². The van der Waals surface area contributed by atoms with Gasteiger partial charge in [-0.3, -0.25) is 15.5 Å². The summed E-state index contributed by atoms with van der Waals surface area (Å²) in [5.74, 6) is 0. The van der Waals surface area contributed by atoms with Gasteiger partial charge in [-0.25, -0.2) is 0 Å². The average molecular weight is 312 g/mol. The maximum Gasteiger partial charge on any atom is 0.294 e. The molecule has 0 saturated heterocycles. The Morgan fingerprint density at radius 1 is 1.13 bits per heavy atom. The van der Waals surface area contributed by atoms with Crippen molar-refractivity contribution in [2.45, 2.75) is 13.8 Å². The minimum Gasteiger partial charge on any atom is -0.372 e. The van der Waals surface area contributed by atoms with Gasteiger partial charge in [0.1, 0.15) is 5.69 Å². The number of hydrazone groups is 1. The third-order valence-corrected chi connectivity index (χ3v) is 3.52. The summed E-state index contributed by atoms with van der Waals surface area (Å²) in [6.45, 7) is 6.16. The average Bonchev–Trinajstić information content (AvgIpc) is 2.57. The van der Waals surface area contributed by atoms with Gasteiger partial charge in [-0.1, -0.05) is 24.3 Å². The molecule has 0 radical (unpaired) electrons. The molecule has 0 aliphatic rings. The van der Waals surface area contributed by atoms with E-state index < -0.39 is 4.92 Å². The zero-order valence-electron chi connectivity index (χ0n) is 13.3. The molecule has 0 atom stereocenters.